The van der Waals surface area contributed by atoms with Gasteiger partial charge in [0.05, 0.1) is 11.4 Å². The summed E-state index contributed by atoms with van der Waals surface area (Å²) in [6, 6.07) is 10.9. The first kappa shape index (κ1) is 22.0. The summed E-state index contributed by atoms with van der Waals surface area (Å²) >= 11 is 1.41. The predicted octanol–water partition coefficient (Wildman–Crippen LogP) is 4.14. The Labute approximate surface area is 188 Å². The molecule has 0 unspecified atom stereocenters. The van der Waals surface area contributed by atoms with Gasteiger partial charge in [-0.3, -0.25) is 14.5 Å². The molecule has 0 bridgehead atoms. The van der Waals surface area contributed by atoms with Gasteiger partial charge in [0.15, 0.2) is 0 Å². The van der Waals surface area contributed by atoms with Crippen LogP contribution in [0.15, 0.2) is 41.8 Å². The van der Waals surface area contributed by atoms with Gasteiger partial charge < -0.3 is 15.5 Å². The summed E-state index contributed by atoms with van der Waals surface area (Å²) < 4.78 is 0. The summed E-state index contributed by atoms with van der Waals surface area (Å²) in [5, 5.41) is 7.72. The normalized spacial score (nSPS) is 18.6. The SMILES string of the molecule is O=C(CN1CCN(CC2CCCCC2)CC1)Nc1ccc(NC(=O)c2cccs2)cc1. The van der Waals surface area contributed by atoms with Gasteiger partial charge >= 0.3 is 0 Å². The number of nitrogens with one attached hydrogen (secondary N) is 2. The van der Waals surface area contributed by atoms with Gasteiger partial charge in [0.2, 0.25) is 5.91 Å². The molecule has 1 aliphatic heterocycles. The summed E-state index contributed by atoms with van der Waals surface area (Å²) in [4.78, 5) is 30.1. The number of amides is 2. The van der Waals surface area contributed by atoms with Crippen molar-refractivity contribution in [3.63, 3.8) is 0 Å². The lowest BCUT2D eigenvalue weighted by Gasteiger charge is -2.37. The van der Waals surface area contributed by atoms with Gasteiger partial charge in [0.25, 0.3) is 5.91 Å². The zero-order valence-electron chi connectivity index (χ0n) is 18.0. The topological polar surface area (TPSA) is 64.7 Å². The van der Waals surface area contributed by atoms with Crippen LogP contribution in [0.1, 0.15) is 41.8 Å². The lowest BCUT2D eigenvalue weighted by molar-refractivity contribution is -0.117. The van der Waals surface area contributed by atoms with Crippen LogP contribution in [0.25, 0.3) is 0 Å². The van der Waals surface area contributed by atoms with Crippen molar-refractivity contribution < 1.29 is 9.59 Å². The van der Waals surface area contributed by atoms with Crippen molar-refractivity contribution in [1.82, 2.24) is 9.80 Å². The van der Waals surface area contributed by atoms with Crippen molar-refractivity contribution in [2.75, 3.05) is 49.9 Å². The molecule has 4 rings (SSSR count). The van der Waals surface area contributed by atoms with E-state index in [1.165, 1.54) is 50.0 Å². The van der Waals surface area contributed by atoms with Crippen molar-refractivity contribution in [3.05, 3.63) is 46.7 Å². The largest absolute Gasteiger partial charge is 0.325 e. The van der Waals surface area contributed by atoms with Gasteiger partial charge in [-0.25, -0.2) is 0 Å². The van der Waals surface area contributed by atoms with Crippen LogP contribution in [0.3, 0.4) is 0 Å². The quantitative estimate of drug-likeness (QED) is 0.679. The molecule has 6 nitrogen and oxygen atoms in total. The monoisotopic (exact) mass is 440 g/mol. The molecule has 1 aromatic carbocycles. The molecule has 1 aromatic heterocycles. The Bertz CT molecular complexity index is 839. The Hall–Kier alpha value is -2.22. The minimum atomic E-state index is -0.116. The first-order valence-corrected chi connectivity index (χ1v) is 12.2. The van der Waals surface area contributed by atoms with E-state index in [0.717, 1.165) is 37.8 Å². The molecular formula is C24H32N4O2S. The van der Waals surface area contributed by atoms with Crippen LogP contribution in [-0.2, 0) is 4.79 Å². The zero-order valence-corrected chi connectivity index (χ0v) is 18.8. The Kier molecular flexibility index (Phi) is 7.72. The van der Waals surface area contributed by atoms with Crippen LogP contribution in [-0.4, -0.2) is 60.9 Å². The summed E-state index contributed by atoms with van der Waals surface area (Å²) in [5.74, 6) is 0.771. The van der Waals surface area contributed by atoms with Crippen LogP contribution < -0.4 is 10.6 Å². The molecule has 0 radical (unpaired) electrons. The number of thiophene rings is 1. The van der Waals surface area contributed by atoms with Gasteiger partial charge in [0.1, 0.15) is 0 Å². The third-order valence-corrected chi connectivity index (χ3v) is 7.11. The molecule has 2 amide bonds. The molecule has 2 heterocycles. The van der Waals surface area contributed by atoms with Crippen molar-refractivity contribution in [2.45, 2.75) is 32.1 Å². The fourth-order valence-corrected chi connectivity index (χ4v) is 5.12. The third-order valence-electron chi connectivity index (χ3n) is 6.24. The highest BCUT2D eigenvalue weighted by Gasteiger charge is 2.22. The molecule has 2 aliphatic rings. The van der Waals surface area contributed by atoms with E-state index in [0.29, 0.717) is 17.1 Å². The minimum Gasteiger partial charge on any atom is -0.325 e. The maximum absolute atomic E-state index is 12.5. The fourth-order valence-electron chi connectivity index (χ4n) is 4.51. The van der Waals surface area contributed by atoms with Crippen LogP contribution in [0.5, 0.6) is 0 Å². The summed E-state index contributed by atoms with van der Waals surface area (Å²) in [6.07, 6.45) is 6.98. The number of anilines is 2. The second-order valence-electron chi connectivity index (χ2n) is 8.64. The molecule has 166 valence electrons. The van der Waals surface area contributed by atoms with E-state index < -0.39 is 0 Å². The second kappa shape index (κ2) is 10.9. The molecule has 0 spiro atoms. The van der Waals surface area contributed by atoms with Gasteiger partial charge in [0, 0.05) is 44.1 Å². The number of carbonyl (C=O) groups is 2. The van der Waals surface area contributed by atoms with Gasteiger partial charge in [-0.1, -0.05) is 25.3 Å². The average Bonchev–Trinajstić information content (AvgIpc) is 3.32. The number of hydrogen-bond donors (Lipinski definition) is 2. The van der Waals surface area contributed by atoms with E-state index in [2.05, 4.69) is 20.4 Å². The van der Waals surface area contributed by atoms with Crippen molar-refractivity contribution in [3.8, 4) is 0 Å². The highest BCUT2D eigenvalue weighted by Crippen LogP contribution is 2.24. The van der Waals surface area contributed by atoms with Crippen molar-refractivity contribution in [2.24, 2.45) is 5.92 Å². The molecular weight excluding hydrogens is 408 g/mol. The molecule has 0 atom stereocenters. The smallest absolute Gasteiger partial charge is 0.265 e. The van der Waals surface area contributed by atoms with E-state index in [-0.39, 0.29) is 11.8 Å². The van der Waals surface area contributed by atoms with Crippen molar-refractivity contribution in [1.29, 1.82) is 0 Å². The molecule has 2 N–H and O–H groups in total. The lowest BCUT2D eigenvalue weighted by atomic mass is 9.89. The summed E-state index contributed by atoms with van der Waals surface area (Å²) in [5.41, 5.74) is 1.46. The Morgan fingerprint density at radius 3 is 2.16 bits per heavy atom. The molecule has 2 fully saturated rings. The Balaban J connectivity index is 1.17. The number of benzene rings is 1. The number of rotatable bonds is 7. The summed E-state index contributed by atoms with van der Waals surface area (Å²) in [7, 11) is 0. The van der Waals surface area contributed by atoms with Crippen LogP contribution in [0, 0.1) is 5.92 Å². The molecule has 31 heavy (non-hydrogen) atoms. The van der Waals surface area contributed by atoms with Gasteiger partial charge in [-0.05, 0) is 54.5 Å². The molecule has 1 saturated heterocycles. The maximum Gasteiger partial charge on any atom is 0.265 e. The Morgan fingerprint density at radius 2 is 1.52 bits per heavy atom. The lowest BCUT2D eigenvalue weighted by Crippen LogP contribution is -2.49. The molecule has 1 aliphatic carbocycles. The van der Waals surface area contributed by atoms with E-state index >= 15 is 0 Å². The van der Waals surface area contributed by atoms with E-state index in [9.17, 15) is 9.59 Å². The average molecular weight is 441 g/mol. The van der Waals surface area contributed by atoms with Gasteiger partial charge in [-0.15, -0.1) is 11.3 Å². The number of hydrogen-bond acceptors (Lipinski definition) is 5. The second-order valence-corrected chi connectivity index (χ2v) is 9.59. The fraction of sp³-hybridized carbons (Fsp3) is 0.500. The van der Waals surface area contributed by atoms with E-state index in [4.69, 9.17) is 0 Å². The van der Waals surface area contributed by atoms with Gasteiger partial charge in [-0.2, -0.15) is 0 Å². The van der Waals surface area contributed by atoms with E-state index in [1.54, 1.807) is 6.07 Å². The van der Waals surface area contributed by atoms with E-state index in [1.807, 2.05) is 35.7 Å². The molecule has 1 saturated carbocycles. The number of carbonyl (C=O) groups excluding carboxylic acids is 2. The third kappa shape index (κ3) is 6.63. The highest BCUT2D eigenvalue weighted by atomic mass is 32.1. The highest BCUT2D eigenvalue weighted by molar-refractivity contribution is 7.12. The Morgan fingerprint density at radius 1 is 0.871 bits per heavy atom. The number of nitrogens with zero attached hydrogens (tertiary/aromatic N) is 2. The predicted molar refractivity (Wildman–Crippen MR) is 127 cm³/mol. The maximum atomic E-state index is 12.5. The summed E-state index contributed by atoms with van der Waals surface area (Å²) in [6.45, 7) is 5.68. The van der Waals surface area contributed by atoms with Crippen molar-refractivity contribution >= 4 is 34.5 Å². The zero-order chi connectivity index (χ0) is 21.5. The van der Waals surface area contributed by atoms with Crippen LogP contribution >= 0.6 is 11.3 Å². The first-order chi connectivity index (χ1) is 15.2. The standard InChI is InChI=1S/C24H32N4O2S/c29-23(18-28-14-12-27(13-15-28)17-19-5-2-1-3-6-19)25-20-8-10-21(11-9-20)26-24(30)22-7-4-16-31-22/h4,7-11,16,19H,1-3,5-6,12-15,17-18H2,(H,25,29)(H,26,30). The minimum absolute atomic E-state index is 0.0103. The number of piperazine rings is 1. The first-order valence-electron chi connectivity index (χ1n) is 11.4. The molecule has 2 aromatic rings. The molecule has 7 heteroatoms. The van der Waals surface area contributed by atoms with Crippen LogP contribution in [0.2, 0.25) is 0 Å². The van der Waals surface area contributed by atoms with Crippen LogP contribution in [0.4, 0.5) is 11.4 Å².